The highest BCUT2D eigenvalue weighted by Gasteiger charge is 2.10. The lowest BCUT2D eigenvalue weighted by Crippen LogP contribution is -2.04. The molecule has 0 spiro atoms. The summed E-state index contributed by atoms with van der Waals surface area (Å²) in [6.45, 7) is 2.69. The second kappa shape index (κ2) is 4.34. The first-order valence-electron chi connectivity index (χ1n) is 5.50. The summed E-state index contributed by atoms with van der Waals surface area (Å²) in [4.78, 5) is 8.05. The minimum atomic E-state index is 0.330. The van der Waals surface area contributed by atoms with Gasteiger partial charge in [0.25, 0.3) is 0 Å². The molecule has 0 aliphatic heterocycles. The van der Waals surface area contributed by atoms with Gasteiger partial charge in [-0.15, -0.1) is 5.10 Å². The molecular formula is C12H10ClN5. The zero-order chi connectivity index (χ0) is 12.5. The average Bonchev–Trinajstić information content (AvgIpc) is 2.77. The van der Waals surface area contributed by atoms with Crippen LogP contribution in [0.3, 0.4) is 0 Å². The Morgan fingerprint density at radius 2 is 2.06 bits per heavy atom. The van der Waals surface area contributed by atoms with Gasteiger partial charge in [0.2, 0.25) is 0 Å². The van der Waals surface area contributed by atoms with Crippen molar-refractivity contribution in [2.24, 2.45) is 0 Å². The third-order valence-corrected chi connectivity index (χ3v) is 3.11. The van der Waals surface area contributed by atoms with Crippen LogP contribution in [-0.2, 0) is 6.54 Å². The molecule has 18 heavy (non-hydrogen) atoms. The van der Waals surface area contributed by atoms with Gasteiger partial charge >= 0.3 is 0 Å². The molecule has 0 aliphatic rings. The van der Waals surface area contributed by atoms with E-state index in [4.69, 9.17) is 11.6 Å². The molecule has 0 unspecified atom stereocenters. The summed E-state index contributed by atoms with van der Waals surface area (Å²) < 4.78 is 1.73. The number of halogens is 1. The maximum Gasteiger partial charge on any atom is 0.183 e. The van der Waals surface area contributed by atoms with E-state index in [1.54, 1.807) is 4.68 Å². The molecule has 0 saturated heterocycles. The van der Waals surface area contributed by atoms with Crippen molar-refractivity contribution >= 4 is 22.8 Å². The second-order valence-corrected chi connectivity index (χ2v) is 4.37. The fraction of sp³-hybridized carbons (Fsp3) is 0.167. The van der Waals surface area contributed by atoms with Crippen LogP contribution in [0.5, 0.6) is 0 Å². The van der Waals surface area contributed by atoms with Crippen molar-refractivity contribution in [1.29, 1.82) is 0 Å². The predicted molar refractivity (Wildman–Crippen MR) is 68.4 cm³/mol. The Kier molecular flexibility index (Phi) is 2.68. The molecular weight excluding hydrogens is 250 g/mol. The molecule has 0 saturated carbocycles. The first-order valence-corrected chi connectivity index (χ1v) is 5.87. The fourth-order valence-corrected chi connectivity index (χ4v) is 1.99. The van der Waals surface area contributed by atoms with Crippen molar-refractivity contribution in [1.82, 2.24) is 25.0 Å². The highest BCUT2D eigenvalue weighted by Crippen LogP contribution is 2.17. The first-order chi connectivity index (χ1) is 8.75. The Balaban J connectivity index is 2.06. The summed E-state index contributed by atoms with van der Waals surface area (Å²) >= 11 is 5.94. The normalized spacial score (nSPS) is 11.0. The summed E-state index contributed by atoms with van der Waals surface area (Å²) in [6, 6.07) is 8.14. The van der Waals surface area contributed by atoms with Crippen LogP contribution in [0.1, 0.15) is 11.1 Å². The molecule has 90 valence electrons. The smallest absolute Gasteiger partial charge is 0.183 e. The molecule has 0 radical (unpaired) electrons. The molecule has 3 aromatic rings. The Morgan fingerprint density at radius 3 is 2.89 bits per heavy atom. The van der Waals surface area contributed by atoms with Gasteiger partial charge in [0.05, 0.1) is 6.54 Å². The number of aryl methyl sites for hydroxylation is 1. The van der Waals surface area contributed by atoms with Crippen LogP contribution in [0, 0.1) is 6.92 Å². The first kappa shape index (κ1) is 11.1. The molecule has 5 nitrogen and oxygen atoms in total. The Hall–Kier alpha value is -2.01. The Labute approximate surface area is 108 Å². The van der Waals surface area contributed by atoms with Gasteiger partial charge in [-0.25, -0.2) is 14.6 Å². The van der Waals surface area contributed by atoms with E-state index in [9.17, 15) is 0 Å². The lowest BCUT2D eigenvalue weighted by atomic mass is 10.1. The number of hydrogen-bond donors (Lipinski definition) is 0. The summed E-state index contributed by atoms with van der Waals surface area (Å²) in [5.41, 5.74) is 3.58. The van der Waals surface area contributed by atoms with Crippen LogP contribution >= 0.6 is 11.6 Å². The van der Waals surface area contributed by atoms with Gasteiger partial charge < -0.3 is 0 Å². The zero-order valence-electron chi connectivity index (χ0n) is 9.71. The molecule has 0 atom stereocenters. The van der Waals surface area contributed by atoms with Crippen molar-refractivity contribution < 1.29 is 0 Å². The average molecular weight is 260 g/mol. The number of benzene rings is 1. The third-order valence-electron chi connectivity index (χ3n) is 2.84. The fourth-order valence-electron chi connectivity index (χ4n) is 1.82. The van der Waals surface area contributed by atoms with Crippen LogP contribution < -0.4 is 0 Å². The number of fused-ring (bicyclic) bond motifs is 1. The SMILES string of the molecule is Cc1ccccc1Cn1nnc2c(Cl)ncnc21. The molecule has 2 heterocycles. The molecule has 0 amide bonds. The van der Waals surface area contributed by atoms with E-state index in [0.29, 0.717) is 22.9 Å². The third kappa shape index (κ3) is 1.82. The molecule has 0 bridgehead atoms. The van der Waals surface area contributed by atoms with E-state index in [1.165, 1.54) is 17.5 Å². The van der Waals surface area contributed by atoms with E-state index in [-0.39, 0.29) is 0 Å². The topological polar surface area (TPSA) is 56.5 Å². The van der Waals surface area contributed by atoms with Gasteiger partial charge in [-0.3, -0.25) is 0 Å². The number of aromatic nitrogens is 5. The summed E-state index contributed by atoms with van der Waals surface area (Å²) in [7, 11) is 0. The summed E-state index contributed by atoms with van der Waals surface area (Å²) in [5.74, 6) is 0. The molecule has 0 N–H and O–H groups in total. The predicted octanol–water partition coefficient (Wildman–Crippen LogP) is 2.23. The molecule has 3 rings (SSSR count). The van der Waals surface area contributed by atoms with Gasteiger partial charge in [-0.05, 0) is 18.1 Å². The monoisotopic (exact) mass is 259 g/mol. The number of rotatable bonds is 2. The molecule has 0 fully saturated rings. The van der Waals surface area contributed by atoms with Gasteiger partial charge in [-0.1, -0.05) is 41.1 Å². The van der Waals surface area contributed by atoms with Gasteiger partial charge in [0.1, 0.15) is 6.33 Å². The maximum atomic E-state index is 5.94. The van der Waals surface area contributed by atoms with Crippen molar-refractivity contribution in [2.75, 3.05) is 0 Å². The van der Waals surface area contributed by atoms with Crippen LogP contribution in [0.2, 0.25) is 5.15 Å². The highest BCUT2D eigenvalue weighted by molar-refractivity contribution is 6.33. The Morgan fingerprint density at radius 1 is 1.22 bits per heavy atom. The van der Waals surface area contributed by atoms with Gasteiger partial charge in [-0.2, -0.15) is 0 Å². The lowest BCUT2D eigenvalue weighted by molar-refractivity contribution is 0.661. The van der Waals surface area contributed by atoms with Crippen LogP contribution in [0.25, 0.3) is 11.2 Å². The van der Waals surface area contributed by atoms with Crippen molar-refractivity contribution in [2.45, 2.75) is 13.5 Å². The number of nitrogens with zero attached hydrogens (tertiary/aromatic N) is 5. The van der Waals surface area contributed by atoms with E-state index in [0.717, 1.165) is 0 Å². The van der Waals surface area contributed by atoms with E-state index in [2.05, 4.69) is 39.3 Å². The minimum Gasteiger partial charge on any atom is -0.222 e. The van der Waals surface area contributed by atoms with Crippen LogP contribution in [0.4, 0.5) is 0 Å². The summed E-state index contributed by atoms with van der Waals surface area (Å²) in [5, 5.41) is 8.40. The van der Waals surface area contributed by atoms with Gasteiger partial charge in [0.15, 0.2) is 16.3 Å². The minimum absolute atomic E-state index is 0.330. The molecule has 0 aliphatic carbocycles. The second-order valence-electron chi connectivity index (χ2n) is 4.01. The Bertz CT molecular complexity index is 707. The van der Waals surface area contributed by atoms with E-state index < -0.39 is 0 Å². The van der Waals surface area contributed by atoms with Gasteiger partial charge in [0, 0.05) is 0 Å². The largest absolute Gasteiger partial charge is 0.222 e. The van der Waals surface area contributed by atoms with E-state index >= 15 is 0 Å². The van der Waals surface area contributed by atoms with E-state index in [1.807, 2.05) is 12.1 Å². The molecule has 6 heteroatoms. The maximum absolute atomic E-state index is 5.94. The van der Waals surface area contributed by atoms with Crippen molar-refractivity contribution in [3.63, 3.8) is 0 Å². The quantitative estimate of drug-likeness (QED) is 0.662. The highest BCUT2D eigenvalue weighted by atomic mass is 35.5. The summed E-state index contributed by atoms with van der Waals surface area (Å²) in [6.07, 6.45) is 1.42. The lowest BCUT2D eigenvalue weighted by Gasteiger charge is -2.05. The molecule has 1 aromatic carbocycles. The van der Waals surface area contributed by atoms with Crippen molar-refractivity contribution in [3.8, 4) is 0 Å². The van der Waals surface area contributed by atoms with Crippen LogP contribution in [0.15, 0.2) is 30.6 Å². The number of hydrogen-bond acceptors (Lipinski definition) is 4. The van der Waals surface area contributed by atoms with Crippen LogP contribution in [-0.4, -0.2) is 25.0 Å². The standard InChI is InChI=1S/C12H10ClN5/c1-8-4-2-3-5-9(8)6-18-12-10(16-17-18)11(13)14-7-15-12/h2-5,7H,6H2,1H3. The molecule has 2 aromatic heterocycles. The van der Waals surface area contributed by atoms with Crippen molar-refractivity contribution in [3.05, 3.63) is 46.9 Å². The zero-order valence-corrected chi connectivity index (χ0v) is 10.5.